The van der Waals surface area contributed by atoms with Gasteiger partial charge in [0.15, 0.2) is 0 Å². The van der Waals surface area contributed by atoms with Crippen LogP contribution in [-0.4, -0.2) is 17.3 Å². The molecule has 1 unspecified atom stereocenters. The lowest BCUT2D eigenvalue weighted by atomic mass is 10.1. The summed E-state index contributed by atoms with van der Waals surface area (Å²) < 4.78 is 7.82. The molecule has 1 aromatic rings. The molecule has 1 atom stereocenters. The molecule has 2 rings (SSSR count). The van der Waals surface area contributed by atoms with Gasteiger partial charge in [0.05, 0.1) is 22.8 Å². The Hall–Kier alpha value is -0.810. The number of anilines is 1. The zero-order chi connectivity index (χ0) is 12.4. The zero-order valence-electron chi connectivity index (χ0n) is 9.91. The number of aromatic nitrogens is 1. The summed E-state index contributed by atoms with van der Waals surface area (Å²) in [6.45, 7) is 3.21. The molecule has 0 amide bonds. The minimum absolute atomic E-state index is 0.0362. The third kappa shape index (κ3) is 2.72. The molecule has 1 aliphatic rings. The smallest absolute Gasteiger partial charge is 0.265 e. The summed E-state index contributed by atoms with van der Waals surface area (Å²) in [7, 11) is 0. The van der Waals surface area contributed by atoms with E-state index < -0.39 is 0 Å². The van der Waals surface area contributed by atoms with Crippen LogP contribution in [0.1, 0.15) is 24.8 Å². The van der Waals surface area contributed by atoms with Crippen molar-refractivity contribution in [1.82, 2.24) is 4.57 Å². The second-order valence-corrected chi connectivity index (χ2v) is 5.26. The Morgan fingerprint density at radius 3 is 3.00 bits per heavy atom. The van der Waals surface area contributed by atoms with Crippen LogP contribution in [0.2, 0.25) is 0 Å². The van der Waals surface area contributed by atoms with Gasteiger partial charge in [-0.2, -0.15) is 0 Å². The molecule has 0 aromatic carbocycles. The third-order valence-electron chi connectivity index (χ3n) is 3.18. The van der Waals surface area contributed by atoms with Gasteiger partial charge in [0.1, 0.15) is 0 Å². The Balaban J connectivity index is 2.23. The molecular weight excluding hydrogens is 284 g/mol. The summed E-state index contributed by atoms with van der Waals surface area (Å²) in [6.07, 6.45) is 5.14. The van der Waals surface area contributed by atoms with Gasteiger partial charge in [0.25, 0.3) is 5.56 Å². The number of pyridine rings is 1. The van der Waals surface area contributed by atoms with Crippen LogP contribution in [0.5, 0.6) is 0 Å². The number of halogens is 1. The third-order valence-corrected chi connectivity index (χ3v) is 4.11. The maximum atomic E-state index is 12.0. The normalized spacial score (nSPS) is 20.5. The Bertz CT molecular complexity index is 464. The SMILES string of the molecule is Cc1c(N)cn(CC2CCCCO2)c(=O)c1Br. The van der Waals surface area contributed by atoms with E-state index in [2.05, 4.69) is 15.9 Å². The Morgan fingerprint density at radius 1 is 1.59 bits per heavy atom. The molecule has 0 saturated carbocycles. The van der Waals surface area contributed by atoms with E-state index in [1.807, 2.05) is 6.92 Å². The van der Waals surface area contributed by atoms with E-state index in [4.69, 9.17) is 10.5 Å². The first-order valence-electron chi connectivity index (χ1n) is 5.86. The number of rotatable bonds is 2. The first kappa shape index (κ1) is 12.6. The van der Waals surface area contributed by atoms with Crippen molar-refractivity contribution in [2.75, 3.05) is 12.3 Å². The van der Waals surface area contributed by atoms with Crippen molar-refractivity contribution < 1.29 is 4.74 Å². The maximum Gasteiger partial charge on any atom is 0.265 e. The Kier molecular flexibility index (Phi) is 3.89. The molecule has 2 N–H and O–H groups in total. The van der Waals surface area contributed by atoms with Crippen LogP contribution in [0, 0.1) is 6.92 Å². The summed E-state index contributed by atoms with van der Waals surface area (Å²) in [4.78, 5) is 12.0. The van der Waals surface area contributed by atoms with Crippen LogP contribution < -0.4 is 11.3 Å². The highest BCUT2D eigenvalue weighted by Gasteiger charge is 2.16. The quantitative estimate of drug-likeness (QED) is 0.910. The number of ether oxygens (including phenoxy) is 1. The van der Waals surface area contributed by atoms with Crippen molar-refractivity contribution in [2.45, 2.75) is 38.8 Å². The van der Waals surface area contributed by atoms with Gasteiger partial charge in [-0.3, -0.25) is 4.79 Å². The fourth-order valence-corrected chi connectivity index (χ4v) is 2.50. The molecule has 1 aromatic heterocycles. The average Bonchev–Trinajstić information content (AvgIpc) is 2.35. The number of nitrogen functional groups attached to an aromatic ring is 1. The van der Waals surface area contributed by atoms with Crippen molar-refractivity contribution in [1.29, 1.82) is 0 Å². The van der Waals surface area contributed by atoms with Gasteiger partial charge in [-0.1, -0.05) is 0 Å². The van der Waals surface area contributed by atoms with E-state index in [1.54, 1.807) is 10.8 Å². The van der Waals surface area contributed by atoms with Crippen LogP contribution in [0.25, 0.3) is 0 Å². The number of hydrogen-bond acceptors (Lipinski definition) is 3. The van der Waals surface area contributed by atoms with Crippen LogP contribution in [0.3, 0.4) is 0 Å². The Morgan fingerprint density at radius 2 is 2.35 bits per heavy atom. The maximum absolute atomic E-state index is 12.0. The van der Waals surface area contributed by atoms with Gasteiger partial charge in [0.2, 0.25) is 0 Å². The first-order chi connectivity index (χ1) is 8.09. The van der Waals surface area contributed by atoms with Crippen molar-refractivity contribution in [3.63, 3.8) is 0 Å². The minimum atomic E-state index is -0.0362. The van der Waals surface area contributed by atoms with Gasteiger partial charge >= 0.3 is 0 Å². The summed E-state index contributed by atoms with van der Waals surface area (Å²) in [5.74, 6) is 0. The van der Waals surface area contributed by atoms with Gasteiger partial charge < -0.3 is 15.0 Å². The molecular formula is C12H17BrN2O2. The van der Waals surface area contributed by atoms with Crippen molar-refractivity contribution >= 4 is 21.6 Å². The number of nitrogens with zero attached hydrogens (tertiary/aromatic N) is 1. The van der Waals surface area contributed by atoms with Gasteiger partial charge in [0, 0.05) is 12.8 Å². The highest BCUT2D eigenvalue weighted by atomic mass is 79.9. The molecule has 0 aliphatic carbocycles. The first-order valence-corrected chi connectivity index (χ1v) is 6.65. The molecule has 2 heterocycles. The summed E-state index contributed by atoms with van der Waals surface area (Å²) >= 11 is 3.29. The number of hydrogen-bond donors (Lipinski definition) is 1. The van der Waals surface area contributed by atoms with Gasteiger partial charge in [-0.05, 0) is 47.7 Å². The van der Waals surface area contributed by atoms with Crippen LogP contribution in [0.15, 0.2) is 15.5 Å². The van der Waals surface area contributed by atoms with E-state index in [0.29, 0.717) is 16.7 Å². The fraction of sp³-hybridized carbons (Fsp3) is 0.583. The van der Waals surface area contributed by atoms with Gasteiger partial charge in [-0.15, -0.1) is 0 Å². The van der Waals surface area contributed by atoms with E-state index in [-0.39, 0.29) is 11.7 Å². The van der Waals surface area contributed by atoms with E-state index in [9.17, 15) is 4.79 Å². The fourth-order valence-electron chi connectivity index (χ4n) is 2.04. The van der Waals surface area contributed by atoms with Crippen LogP contribution in [-0.2, 0) is 11.3 Å². The molecule has 1 saturated heterocycles. The molecule has 1 fully saturated rings. The second-order valence-electron chi connectivity index (χ2n) is 4.47. The lowest BCUT2D eigenvalue weighted by Gasteiger charge is -2.23. The highest BCUT2D eigenvalue weighted by Crippen LogP contribution is 2.19. The molecule has 0 bridgehead atoms. The number of nitrogens with two attached hydrogens (primary N) is 1. The summed E-state index contributed by atoms with van der Waals surface area (Å²) in [5.41, 5.74) is 7.26. The van der Waals surface area contributed by atoms with Crippen molar-refractivity contribution in [3.8, 4) is 0 Å². The van der Waals surface area contributed by atoms with Crippen LogP contribution in [0.4, 0.5) is 5.69 Å². The van der Waals surface area contributed by atoms with Gasteiger partial charge in [-0.25, -0.2) is 0 Å². The van der Waals surface area contributed by atoms with Crippen molar-refractivity contribution in [2.24, 2.45) is 0 Å². The standard InChI is InChI=1S/C12H17BrN2O2/c1-8-10(14)7-15(12(16)11(8)13)6-9-4-2-3-5-17-9/h7,9H,2-6,14H2,1H3. The van der Waals surface area contributed by atoms with E-state index in [0.717, 1.165) is 25.0 Å². The molecule has 0 radical (unpaired) electrons. The molecule has 1 aliphatic heterocycles. The van der Waals surface area contributed by atoms with Crippen LogP contribution >= 0.6 is 15.9 Å². The average molecular weight is 301 g/mol. The monoisotopic (exact) mass is 300 g/mol. The Labute approximate surface area is 109 Å². The molecule has 5 heteroatoms. The molecule has 94 valence electrons. The lowest BCUT2D eigenvalue weighted by molar-refractivity contribution is 0.00542. The van der Waals surface area contributed by atoms with E-state index in [1.165, 1.54) is 6.42 Å². The summed E-state index contributed by atoms with van der Waals surface area (Å²) in [6, 6.07) is 0. The topological polar surface area (TPSA) is 57.2 Å². The minimum Gasteiger partial charge on any atom is -0.397 e. The van der Waals surface area contributed by atoms with E-state index >= 15 is 0 Å². The summed E-state index contributed by atoms with van der Waals surface area (Å²) in [5, 5.41) is 0. The molecule has 4 nitrogen and oxygen atoms in total. The largest absolute Gasteiger partial charge is 0.397 e. The molecule has 17 heavy (non-hydrogen) atoms. The predicted octanol–water partition coefficient (Wildman–Crippen LogP) is 2.07. The second kappa shape index (κ2) is 5.23. The lowest BCUT2D eigenvalue weighted by Crippen LogP contribution is -2.31. The van der Waals surface area contributed by atoms with Crippen molar-refractivity contribution in [3.05, 3.63) is 26.6 Å². The predicted molar refractivity (Wildman–Crippen MR) is 71.1 cm³/mol. The molecule has 0 spiro atoms. The zero-order valence-corrected chi connectivity index (χ0v) is 11.5. The highest BCUT2D eigenvalue weighted by molar-refractivity contribution is 9.10.